The average molecular weight is 467 g/mol. The standard InChI is InChI=1S/C22H17N3O9/c1-13(26)33-18-7-5-14(11-20(18)31-2)22(28)34-17-8-6-16(25(29)30)10-15(17)12-23-24-21(27)19-4-3-9-32-19/h3-12H,1-2H3,(H,24,27)/b23-12+. The Morgan fingerprint density at radius 2 is 1.82 bits per heavy atom. The van der Waals surface area contributed by atoms with E-state index in [0.717, 1.165) is 18.3 Å². The Bertz CT molecular complexity index is 1270. The molecule has 0 unspecified atom stereocenters. The number of ether oxygens (including phenoxy) is 3. The van der Waals surface area contributed by atoms with Crippen molar-refractivity contribution in [2.24, 2.45) is 5.10 Å². The molecule has 3 aromatic rings. The number of hydrogen-bond donors (Lipinski definition) is 1. The lowest BCUT2D eigenvalue weighted by Gasteiger charge is -2.11. The minimum absolute atomic E-state index is 0.00832. The van der Waals surface area contributed by atoms with Gasteiger partial charge in [0, 0.05) is 24.6 Å². The number of hydrogen-bond acceptors (Lipinski definition) is 10. The van der Waals surface area contributed by atoms with Crippen molar-refractivity contribution in [3.8, 4) is 17.2 Å². The molecule has 3 rings (SSSR count). The number of benzene rings is 2. The van der Waals surface area contributed by atoms with Gasteiger partial charge in [0.05, 0.1) is 30.1 Å². The maximum Gasteiger partial charge on any atom is 0.343 e. The van der Waals surface area contributed by atoms with Crippen LogP contribution in [0.1, 0.15) is 33.4 Å². The fourth-order valence-corrected chi connectivity index (χ4v) is 2.66. The van der Waals surface area contributed by atoms with Crippen LogP contribution in [-0.2, 0) is 4.79 Å². The highest BCUT2D eigenvalue weighted by atomic mass is 16.6. The molecule has 0 aliphatic carbocycles. The van der Waals surface area contributed by atoms with Gasteiger partial charge in [-0.2, -0.15) is 5.10 Å². The summed E-state index contributed by atoms with van der Waals surface area (Å²) in [4.78, 5) is 46.3. The Kier molecular flexibility index (Phi) is 7.34. The molecule has 12 nitrogen and oxygen atoms in total. The molecule has 34 heavy (non-hydrogen) atoms. The maximum atomic E-state index is 12.7. The SMILES string of the molecule is COc1cc(C(=O)Oc2ccc([N+](=O)[O-])cc2/C=N/NC(=O)c2ccco2)ccc1OC(C)=O. The molecule has 0 aliphatic heterocycles. The number of carbonyl (C=O) groups excluding carboxylic acids is 3. The average Bonchev–Trinajstić information content (AvgIpc) is 3.35. The smallest absolute Gasteiger partial charge is 0.343 e. The van der Waals surface area contributed by atoms with Crippen molar-refractivity contribution in [3.05, 3.63) is 81.8 Å². The second-order valence-corrected chi connectivity index (χ2v) is 6.50. The first-order valence-corrected chi connectivity index (χ1v) is 9.52. The molecule has 12 heteroatoms. The van der Waals surface area contributed by atoms with E-state index in [2.05, 4.69) is 10.5 Å². The highest BCUT2D eigenvalue weighted by Crippen LogP contribution is 2.29. The number of hydrazone groups is 1. The third kappa shape index (κ3) is 5.82. The van der Waals surface area contributed by atoms with Crippen LogP contribution in [0.4, 0.5) is 5.69 Å². The fraction of sp³-hybridized carbons (Fsp3) is 0.0909. The molecular formula is C22H17N3O9. The molecule has 0 saturated carbocycles. The number of nitrogens with one attached hydrogen (secondary N) is 1. The van der Waals surface area contributed by atoms with E-state index in [4.69, 9.17) is 18.6 Å². The molecule has 0 spiro atoms. The Morgan fingerprint density at radius 3 is 2.47 bits per heavy atom. The number of rotatable bonds is 8. The zero-order chi connectivity index (χ0) is 24.7. The molecule has 0 atom stereocenters. The summed E-state index contributed by atoms with van der Waals surface area (Å²) in [5.74, 6) is -1.86. The monoisotopic (exact) mass is 467 g/mol. The zero-order valence-corrected chi connectivity index (χ0v) is 17.8. The van der Waals surface area contributed by atoms with Gasteiger partial charge in [0.1, 0.15) is 5.75 Å². The summed E-state index contributed by atoms with van der Waals surface area (Å²) in [6, 6.07) is 10.4. The number of methoxy groups -OCH3 is 1. The highest BCUT2D eigenvalue weighted by Gasteiger charge is 2.18. The first-order valence-electron chi connectivity index (χ1n) is 9.52. The molecule has 174 valence electrons. The molecule has 1 aromatic heterocycles. The van der Waals surface area contributed by atoms with Crippen LogP contribution in [0.2, 0.25) is 0 Å². The first kappa shape index (κ1) is 23.7. The molecule has 0 radical (unpaired) electrons. The van der Waals surface area contributed by atoms with Gasteiger partial charge in [0.2, 0.25) is 0 Å². The lowest BCUT2D eigenvalue weighted by atomic mass is 10.1. The van der Waals surface area contributed by atoms with Crippen LogP contribution < -0.4 is 19.6 Å². The van der Waals surface area contributed by atoms with Gasteiger partial charge in [0.15, 0.2) is 17.3 Å². The topological polar surface area (TPSA) is 160 Å². The number of non-ortho nitro benzene ring substituents is 1. The van der Waals surface area contributed by atoms with E-state index in [1.807, 2.05) is 0 Å². The summed E-state index contributed by atoms with van der Waals surface area (Å²) in [6.45, 7) is 1.22. The largest absolute Gasteiger partial charge is 0.493 e. The predicted octanol–water partition coefficient (Wildman–Crippen LogP) is 3.10. The minimum Gasteiger partial charge on any atom is -0.493 e. The Morgan fingerprint density at radius 1 is 1.06 bits per heavy atom. The molecule has 0 aliphatic rings. The Labute approximate surface area is 191 Å². The molecule has 2 aromatic carbocycles. The van der Waals surface area contributed by atoms with Gasteiger partial charge in [-0.15, -0.1) is 0 Å². The van der Waals surface area contributed by atoms with Crippen LogP contribution >= 0.6 is 0 Å². The third-order valence-corrected chi connectivity index (χ3v) is 4.17. The van der Waals surface area contributed by atoms with E-state index in [1.54, 1.807) is 0 Å². The second-order valence-electron chi connectivity index (χ2n) is 6.50. The van der Waals surface area contributed by atoms with Crippen LogP contribution in [0.15, 0.2) is 64.3 Å². The van der Waals surface area contributed by atoms with Gasteiger partial charge in [0.25, 0.3) is 5.69 Å². The quantitative estimate of drug-likeness (QED) is 0.173. The van der Waals surface area contributed by atoms with Gasteiger partial charge in [-0.3, -0.25) is 19.7 Å². The van der Waals surface area contributed by atoms with E-state index in [1.165, 1.54) is 56.7 Å². The number of esters is 2. The Balaban J connectivity index is 1.83. The summed E-state index contributed by atoms with van der Waals surface area (Å²) < 4.78 is 20.4. The van der Waals surface area contributed by atoms with Gasteiger partial charge < -0.3 is 18.6 Å². The van der Waals surface area contributed by atoms with Crippen LogP contribution in [-0.4, -0.2) is 36.1 Å². The Hall–Kier alpha value is -5.00. The van der Waals surface area contributed by atoms with Crippen LogP contribution in [0.3, 0.4) is 0 Å². The van der Waals surface area contributed by atoms with Crippen molar-refractivity contribution in [3.63, 3.8) is 0 Å². The summed E-state index contributed by atoms with van der Waals surface area (Å²) in [5, 5.41) is 14.9. The summed E-state index contributed by atoms with van der Waals surface area (Å²) >= 11 is 0. The minimum atomic E-state index is -0.823. The molecular weight excluding hydrogens is 450 g/mol. The first-order chi connectivity index (χ1) is 16.3. The molecule has 1 N–H and O–H groups in total. The zero-order valence-electron chi connectivity index (χ0n) is 17.8. The lowest BCUT2D eigenvalue weighted by molar-refractivity contribution is -0.384. The molecule has 1 amide bonds. The summed E-state index contributed by atoms with van der Waals surface area (Å²) in [6.07, 6.45) is 2.39. The van der Waals surface area contributed by atoms with Gasteiger partial charge >= 0.3 is 17.8 Å². The van der Waals surface area contributed by atoms with Crippen molar-refractivity contribution < 1.29 is 37.9 Å². The van der Waals surface area contributed by atoms with E-state index < -0.39 is 22.8 Å². The molecule has 0 fully saturated rings. The van der Waals surface area contributed by atoms with E-state index in [-0.39, 0.29) is 39.8 Å². The van der Waals surface area contributed by atoms with Crippen LogP contribution in [0, 0.1) is 10.1 Å². The van der Waals surface area contributed by atoms with Gasteiger partial charge in [-0.25, -0.2) is 10.2 Å². The fourth-order valence-electron chi connectivity index (χ4n) is 2.66. The normalized spacial score (nSPS) is 10.5. The number of nitrogens with zero attached hydrogens (tertiary/aromatic N) is 2. The summed E-state index contributed by atoms with van der Waals surface area (Å²) in [5.41, 5.74) is 2.02. The van der Waals surface area contributed by atoms with Crippen molar-refractivity contribution in [2.45, 2.75) is 6.92 Å². The van der Waals surface area contributed by atoms with Crippen molar-refractivity contribution in [1.29, 1.82) is 0 Å². The molecule has 0 saturated heterocycles. The van der Waals surface area contributed by atoms with Gasteiger partial charge in [-0.05, 0) is 36.4 Å². The highest BCUT2D eigenvalue weighted by molar-refractivity contribution is 5.95. The number of furan rings is 1. The van der Waals surface area contributed by atoms with E-state index >= 15 is 0 Å². The molecule has 0 bridgehead atoms. The number of nitro benzene ring substituents is 1. The maximum absolute atomic E-state index is 12.7. The number of carbonyl (C=O) groups is 3. The van der Waals surface area contributed by atoms with Crippen molar-refractivity contribution >= 4 is 29.7 Å². The number of amides is 1. The van der Waals surface area contributed by atoms with Crippen LogP contribution in [0.25, 0.3) is 0 Å². The van der Waals surface area contributed by atoms with Crippen molar-refractivity contribution in [1.82, 2.24) is 5.43 Å². The van der Waals surface area contributed by atoms with E-state index in [0.29, 0.717) is 0 Å². The van der Waals surface area contributed by atoms with E-state index in [9.17, 15) is 24.5 Å². The predicted molar refractivity (Wildman–Crippen MR) is 116 cm³/mol. The van der Waals surface area contributed by atoms with Crippen molar-refractivity contribution in [2.75, 3.05) is 7.11 Å². The third-order valence-electron chi connectivity index (χ3n) is 4.17. The molecule has 1 heterocycles. The second kappa shape index (κ2) is 10.5. The van der Waals surface area contributed by atoms with Crippen LogP contribution in [0.5, 0.6) is 17.2 Å². The van der Waals surface area contributed by atoms with Gasteiger partial charge in [-0.1, -0.05) is 0 Å². The number of nitro groups is 1. The lowest BCUT2D eigenvalue weighted by Crippen LogP contribution is -2.17. The summed E-state index contributed by atoms with van der Waals surface area (Å²) in [7, 11) is 1.33.